The second-order valence-corrected chi connectivity index (χ2v) is 6.49. The molecule has 0 saturated heterocycles. The van der Waals surface area contributed by atoms with Crippen LogP contribution in [-0.4, -0.2) is 10.1 Å². The van der Waals surface area contributed by atoms with Gasteiger partial charge in [0.05, 0.1) is 11.1 Å². The van der Waals surface area contributed by atoms with Gasteiger partial charge in [-0.1, -0.05) is 41.1 Å². The van der Waals surface area contributed by atoms with Crippen molar-refractivity contribution in [1.29, 1.82) is 0 Å². The monoisotopic (exact) mass is 323 g/mol. The highest BCUT2D eigenvalue weighted by molar-refractivity contribution is 5.68. The van der Waals surface area contributed by atoms with E-state index in [1.807, 2.05) is 37.3 Å². The first-order valence-electron chi connectivity index (χ1n) is 8.05. The van der Waals surface area contributed by atoms with Crippen molar-refractivity contribution in [1.82, 2.24) is 10.1 Å². The molecular formula is C19H18FN3O. The van der Waals surface area contributed by atoms with E-state index in [2.05, 4.69) is 10.1 Å². The van der Waals surface area contributed by atoms with Gasteiger partial charge in [0.15, 0.2) is 5.82 Å². The minimum Gasteiger partial charge on any atom is -0.334 e. The topological polar surface area (TPSA) is 64.9 Å². The van der Waals surface area contributed by atoms with Crippen molar-refractivity contribution in [2.24, 2.45) is 5.73 Å². The lowest BCUT2D eigenvalue weighted by atomic mass is 9.77. The van der Waals surface area contributed by atoms with Gasteiger partial charge in [-0.05, 0) is 49.4 Å². The Bertz CT molecular complexity index is 882. The van der Waals surface area contributed by atoms with Crippen LogP contribution < -0.4 is 5.73 Å². The number of aromatic nitrogens is 2. The Labute approximate surface area is 139 Å². The Hall–Kier alpha value is -2.53. The standard InChI is InChI=1S/C19H18FN3O/c1-12-3-5-13(6-4-12)14-7-8-15(16(20)11-14)17-22-18(23-24-17)19(21)9-2-10-19/h3-8,11H,2,9-10,21H2,1H3. The summed E-state index contributed by atoms with van der Waals surface area (Å²) in [5, 5.41) is 3.94. The molecule has 0 amide bonds. The normalized spacial score (nSPS) is 16.0. The summed E-state index contributed by atoms with van der Waals surface area (Å²) in [4.78, 5) is 4.31. The summed E-state index contributed by atoms with van der Waals surface area (Å²) in [6.45, 7) is 2.02. The molecule has 2 N–H and O–H groups in total. The number of nitrogens with zero attached hydrogens (tertiary/aromatic N) is 2. The molecule has 1 aliphatic rings. The predicted molar refractivity (Wildman–Crippen MR) is 89.6 cm³/mol. The third-order valence-electron chi connectivity index (χ3n) is 4.70. The number of nitrogens with two attached hydrogens (primary N) is 1. The lowest BCUT2D eigenvalue weighted by Crippen LogP contribution is -2.44. The molecule has 4 nitrogen and oxygen atoms in total. The van der Waals surface area contributed by atoms with Crippen LogP contribution in [0.15, 0.2) is 47.0 Å². The van der Waals surface area contributed by atoms with Gasteiger partial charge in [-0.2, -0.15) is 4.98 Å². The Balaban J connectivity index is 1.66. The molecule has 24 heavy (non-hydrogen) atoms. The van der Waals surface area contributed by atoms with Crippen molar-refractivity contribution >= 4 is 0 Å². The third kappa shape index (κ3) is 2.51. The summed E-state index contributed by atoms with van der Waals surface area (Å²) in [5.41, 5.74) is 8.92. The van der Waals surface area contributed by atoms with Crippen LogP contribution in [0.4, 0.5) is 4.39 Å². The minimum absolute atomic E-state index is 0.176. The molecule has 1 aliphatic carbocycles. The van der Waals surface area contributed by atoms with Gasteiger partial charge in [0.25, 0.3) is 5.89 Å². The van der Waals surface area contributed by atoms with Crippen molar-refractivity contribution in [3.63, 3.8) is 0 Å². The van der Waals surface area contributed by atoms with Crippen LogP contribution >= 0.6 is 0 Å². The minimum atomic E-state index is -0.514. The molecule has 4 rings (SSSR count). The smallest absolute Gasteiger partial charge is 0.260 e. The molecule has 0 radical (unpaired) electrons. The van der Waals surface area contributed by atoms with E-state index in [4.69, 9.17) is 10.3 Å². The SMILES string of the molecule is Cc1ccc(-c2ccc(-c3nc(C4(N)CCC4)no3)c(F)c2)cc1. The maximum atomic E-state index is 14.5. The molecule has 122 valence electrons. The molecular weight excluding hydrogens is 305 g/mol. The predicted octanol–water partition coefficient (Wildman–Crippen LogP) is 4.19. The number of aryl methyl sites for hydroxylation is 1. The summed E-state index contributed by atoms with van der Waals surface area (Å²) >= 11 is 0. The van der Waals surface area contributed by atoms with Crippen LogP contribution in [-0.2, 0) is 5.54 Å². The lowest BCUT2D eigenvalue weighted by Gasteiger charge is -2.34. The zero-order chi connectivity index (χ0) is 16.7. The quantitative estimate of drug-likeness (QED) is 0.785. The van der Waals surface area contributed by atoms with Gasteiger partial charge in [0, 0.05) is 0 Å². The number of rotatable bonds is 3. The Morgan fingerprint density at radius 3 is 2.42 bits per heavy atom. The van der Waals surface area contributed by atoms with Gasteiger partial charge in [0.2, 0.25) is 0 Å². The molecule has 0 spiro atoms. The van der Waals surface area contributed by atoms with Gasteiger partial charge in [-0.15, -0.1) is 0 Å². The first-order chi connectivity index (χ1) is 11.5. The average Bonchev–Trinajstić information content (AvgIpc) is 3.03. The van der Waals surface area contributed by atoms with Crippen molar-refractivity contribution < 1.29 is 8.91 Å². The second-order valence-electron chi connectivity index (χ2n) is 6.49. The molecule has 0 atom stereocenters. The summed E-state index contributed by atoms with van der Waals surface area (Å²) in [5.74, 6) is 0.253. The van der Waals surface area contributed by atoms with Gasteiger partial charge in [0.1, 0.15) is 5.82 Å². The van der Waals surface area contributed by atoms with E-state index in [1.165, 1.54) is 11.6 Å². The van der Waals surface area contributed by atoms with Crippen LogP contribution in [0.1, 0.15) is 30.7 Å². The maximum absolute atomic E-state index is 14.5. The zero-order valence-corrected chi connectivity index (χ0v) is 13.4. The van der Waals surface area contributed by atoms with Crippen LogP contribution in [0.25, 0.3) is 22.6 Å². The van der Waals surface area contributed by atoms with Crippen molar-refractivity contribution in [2.45, 2.75) is 31.7 Å². The molecule has 0 unspecified atom stereocenters. The summed E-state index contributed by atoms with van der Waals surface area (Å²) in [6, 6.07) is 13.0. The van der Waals surface area contributed by atoms with Gasteiger partial charge in [-0.3, -0.25) is 0 Å². The molecule has 1 saturated carbocycles. The van der Waals surface area contributed by atoms with Crippen molar-refractivity contribution in [3.05, 3.63) is 59.7 Å². The Morgan fingerprint density at radius 2 is 1.79 bits per heavy atom. The van der Waals surface area contributed by atoms with Crippen LogP contribution in [0.2, 0.25) is 0 Å². The van der Waals surface area contributed by atoms with Crippen molar-refractivity contribution in [2.75, 3.05) is 0 Å². The van der Waals surface area contributed by atoms with E-state index >= 15 is 0 Å². The number of halogens is 1. The third-order valence-corrected chi connectivity index (χ3v) is 4.70. The largest absolute Gasteiger partial charge is 0.334 e. The van der Waals surface area contributed by atoms with E-state index in [0.29, 0.717) is 11.4 Å². The Morgan fingerprint density at radius 1 is 1.08 bits per heavy atom. The molecule has 5 heteroatoms. The fourth-order valence-corrected chi connectivity index (χ4v) is 2.93. The fourth-order valence-electron chi connectivity index (χ4n) is 2.93. The van der Waals surface area contributed by atoms with E-state index in [9.17, 15) is 4.39 Å². The van der Waals surface area contributed by atoms with Gasteiger partial charge in [-0.25, -0.2) is 4.39 Å². The molecule has 0 bridgehead atoms. The second kappa shape index (κ2) is 5.53. The van der Waals surface area contributed by atoms with Crippen LogP contribution in [0.3, 0.4) is 0 Å². The summed E-state index contributed by atoms with van der Waals surface area (Å²) < 4.78 is 19.8. The molecule has 3 aromatic rings. The van der Waals surface area contributed by atoms with E-state index in [1.54, 1.807) is 6.07 Å². The zero-order valence-electron chi connectivity index (χ0n) is 13.4. The summed E-state index contributed by atoms with van der Waals surface area (Å²) in [7, 11) is 0. The number of benzene rings is 2. The maximum Gasteiger partial charge on any atom is 0.260 e. The molecule has 0 aliphatic heterocycles. The fraction of sp³-hybridized carbons (Fsp3) is 0.263. The van der Waals surface area contributed by atoms with Crippen molar-refractivity contribution in [3.8, 4) is 22.6 Å². The van der Waals surface area contributed by atoms with E-state index < -0.39 is 5.54 Å². The first-order valence-corrected chi connectivity index (χ1v) is 8.05. The van der Waals surface area contributed by atoms with Crippen LogP contribution in [0, 0.1) is 12.7 Å². The number of hydrogen-bond acceptors (Lipinski definition) is 4. The molecule has 1 heterocycles. The highest BCUT2D eigenvalue weighted by Gasteiger charge is 2.39. The first kappa shape index (κ1) is 15.0. The van der Waals surface area contributed by atoms with Gasteiger partial charge < -0.3 is 10.3 Å². The van der Waals surface area contributed by atoms with E-state index in [-0.39, 0.29) is 11.7 Å². The molecule has 2 aromatic carbocycles. The molecule has 1 aromatic heterocycles. The highest BCUT2D eigenvalue weighted by atomic mass is 19.1. The Kier molecular flexibility index (Phi) is 3.46. The average molecular weight is 323 g/mol. The lowest BCUT2D eigenvalue weighted by molar-refractivity contribution is 0.229. The summed E-state index contributed by atoms with van der Waals surface area (Å²) in [6.07, 6.45) is 2.72. The van der Waals surface area contributed by atoms with Gasteiger partial charge >= 0.3 is 0 Å². The highest BCUT2D eigenvalue weighted by Crippen LogP contribution is 2.38. The number of hydrogen-bond donors (Lipinski definition) is 1. The van der Waals surface area contributed by atoms with Crippen LogP contribution in [0.5, 0.6) is 0 Å². The molecule has 1 fully saturated rings. The van der Waals surface area contributed by atoms with E-state index in [0.717, 1.165) is 30.4 Å².